The number of urea groups is 1. The Morgan fingerprint density at radius 2 is 2.04 bits per heavy atom. The maximum Gasteiger partial charge on any atom is 0.315 e. The van der Waals surface area contributed by atoms with Crippen molar-refractivity contribution < 1.29 is 4.79 Å². The van der Waals surface area contributed by atoms with Gasteiger partial charge in [-0.2, -0.15) is 5.10 Å². The summed E-state index contributed by atoms with van der Waals surface area (Å²) in [6.07, 6.45) is 5.83. The molecule has 2 aromatic rings. The maximum absolute atomic E-state index is 11.9. The molecule has 0 fully saturated rings. The monoisotopic (exact) mass is 317 g/mol. The number of nitrogens with zero attached hydrogens (tertiary/aromatic N) is 3. The molecule has 2 N–H and O–H groups in total. The number of hydrogen-bond acceptors (Lipinski definition) is 2. The topological polar surface area (TPSA) is 63.9 Å². The summed E-state index contributed by atoms with van der Waals surface area (Å²) in [6.45, 7) is 6.61. The van der Waals surface area contributed by atoms with Crippen LogP contribution in [0.5, 0.6) is 0 Å². The van der Waals surface area contributed by atoms with Crippen LogP contribution in [0.25, 0.3) is 0 Å². The van der Waals surface area contributed by atoms with Crippen LogP contribution in [0.3, 0.4) is 0 Å². The van der Waals surface area contributed by atoms with Crippen LogP contribution in [0.1, 0.15) is 44.6 Å². The fraction of sp³-hybridized carbons (Fsp3) is 0.529. The molecule has 6 nitrogen and oxygen atoms in total. The van der Waals surface area contributed by atoms with E-state index in [1.807, 2.05) is 43.2 Å². The highest BCUT2D eigenvalue weighted by atomic mass is 16.2. The molecule has 0 aliphatic heterocycles. The lowest BCUT2D eigenvalue weighted by Gasteiger charge is -2.14. The van der Waals surface area contributed by atoms with Crippen LogP contribution >= 0.6 is 0 Å². The summed E-state index contributed by atoms with van der Waals surface area (Å²) in [6, 6.07) is 6.38. The summed E-state index contributed by atoms with van der Waals surface area (Å²) in [5.41, 5.74) is 2.14. The summed E-state index contributed by atoms with van der Waals surface area (Å²) in [7, 11) is 2.04. The molecule has 23 heavy (non-hydrogen) atoms. The average Bonchev–Trinajstić information content (AvgIpc) is 3.12. The molecule has 0 radical (unpaired) electrons. The van der Waals surface area contributed by atoms with E-state index in [0.29, 0.717) is 12.6 Å². The molecule has 0 saturated carbocycles. The van der Waals surface area contributed by atoms with Crippen molar-refractivity contribution in [1.29, 1.82) is 0 Å². The normalized spacial score (nSPS) is 12.4. The van der Waals surface area contributed by atoms with E-state index in [2.05, 4.69) is 40.2 Å². The van der Waals surface area contributed by atoms with Gasteiger partial charge in [0.2, 0.25) is 0 Å². The predicted molar refractivity (Wildman–Crippen MR) is 91.2 cm³/mol. The molecule has 126 valence electrons. The van der Waals surface area contributed by atoms with Gasteiger partial charge in [-0.15, -0.1) is 0 Å². The Morgan fingerprint density at radius 3 is 2.65 bits per heavy atom. The van der Waals surface area contributed by atoms with Gasteiger partial charge in [-0.1, -0.05) is 0 Å². The lowest BCUT2D eigenvalue weighted by atomic mass is 10.1. The molecule has 6 heteroatoms. The molecule has 2 heterocycles. The summed E-state index contributed by atoms with van der Waals surface area (Å²) >= 11 is 0. The Morgan fingerprint density at radius 1 is 1.26 bits per heavy atom. The van der Waals surface area contributed by atoms with E-state index in [0.717, 1.165) is 18.5 Å². The van der Waals surface area contributed by atoms with E-state index in [-0.39, 0.29) is 12.1 Å². The zero-order valence-electron chi connectivity index (χ0n) is 14.4. The molecule has 0 saturated heterocycles. The molecule has 1 atom stereocenters. The van der Waals surface area contributed by atoms with Crippen LogP contribution in [0, 0.1) is 0 Å². The van der Waals surface area contributed by atoms with E-state index < -0.39 is 0 Å². The van der Waals surface area contributed by atoms with Crippen molar-refractivity contribution >= 4 is 6.03 Å². The van der Waals surface area contributed by atoms with Crippen LogP contribution in [0.4, 0.5) is 4.79 Å². The SMILES string of the molecule is CC(C)n1ccc(CNC(=O)N[C@@H](C)CCc2cccn2C)n1. The third-order valence-corrected chi connectivity index (χ3v) is 3.89. The fourth-order valence-electron chi connectivity index (χ4n) is 2.40. The Kier molecular flexibility index (Phi) is 5.84. The van der Waals surface area contributed by atoms with Crippen molar-refractivity contribution in [2.75, 3.05) is 0 Å². The number of hydrogen-bond donors (Lipinski definition) is 2. The average molecular weight is 317 g/mol. The minimum absolute atomic E-state index is 0.123. The number of amides is 2. The Balaban J connectivity index is 1.70. The zero-order chi connectivity index (χ0) is 16.8. The van der Waals surface area contributed by atoms with E-state index in [1.165, 1.54) is 5.69 Å². The molecule has 0 aromatic carbocycles. The third kappa shape index (κ3) is 5.16. The van der Waals surface area contributed by atoms with E-state index in [4.69, 9.17) is 0 Å². The van der Waals surface area contributed by atoms with Crippen molar-refractivity contribution in [2.45, 2.75) is 52.2 Å². The molecule has 0 aliphatic carbocycles. The highest BCUT2D eigenvalue weighted by Crippen LogP contribution is 2.06. The largest absolute Gasteiger partial charge is 0.354 e. The molecule has 0 aliphatic rings. The first-order valence-corrected chi connectivity index (χ1v) is 8.14. The maximum atomic E-state index is 11.9. The second kappa shape index (κ2) is 7.85. The van der Waals surface area contributed by atoms with Crippen LogP contribution in [-0.2, 0) is 20.0 Å². The second-order valence-electron chi connectivity index (χ2n) is 6.26. The second-order valence-corrected chi connectivity index (χ2v) is 6.26. The summed E-state index contributed by atoms with van der Waals surface area (Å²) in [5.74, 6) is 0. The van der Waals surface area contributed by atoms with Crippen molar-refractivity contribution in [3.63, 3.8) is 0 Å². The highest BCUT2D eigenvalue weighted by Gasteiger charge is 2.09. The predicted octanol–water partition coefficient (Wildman–Crippen LogP) is 2.62. The summed E-state index contributed by atoms with van der Waals surface area (Å²) < 4.78 is 4.00. The molecular formula is C17H27N5O. The quantitative estimate of drug-likeness (QED) is 0.824. The first kappa shape index (κ1) is 17.1. The molecule has 0 spiro atoms. The number of carbonyl (C=O) groups is 1. The lowest BCUT2D eigenvalue weighted by Crippen LogP contribution is -2.40. The van der Waals surface area contributed by atoms with Crippen LogP contribution in [0.15, 0.2) is 30.6 Å². The molecule has 2 amide bonds. The van der Waals surface area contributed by atoms with Crippen LogP contribution in [0.2, 0.25) is 0 Å². The van der Waals surface area contributed by atoms with Gasteiger partial charge in [0.1, 0.15) is 0 Å². The van der Waals surface area contributed by atoms with Gasteiger partial charge in [0.25, 0.3) is 0 Å². The van der Waals surface area contributed by atoms with Gasteiger partial charge in [-0.3, -0.25) is 4.68 Å². The first-order valence-electron chi connectivity index (χ1n) is 8.14. The van der Waals surface area contributed by atoms with E-state index in [9.17, 15) is 4.79 Å². The van der Waals surface area contributed by atoms with Gasteiger partial charge in [-0.25, -0.2) is 4.79 Å². The third-order valence-electron chi connectivity index (χ3n) is 3.89. The molecular weight excluding hydrogens is 290 g/mol. The Bertz CT molecular complexity index is 628. The van der Waals surface area contributed by atoms with Gasteiger partial charge < -0.3 is 15.2 Å². The van der Waals surface area contributed by atoms with Gasteiger partial charge in [0.05, 0.1) is 12.2 Å². The van der Waals surface area contributed by atoms with Crippen molar-refractivity contribution in [2.24, 2.45) is 7.05 Å². The standard InChI is InChI=1S/C17H27N5O/c1-13(2)22-11-9-15(20-22)12-18-17(23)19-14(3)7-8-16-6-5-10-21(16)4/h5-6,9-11,13-14H,7-8,12H2,1-4H3,(H2,18,19,23)/t14-/m0/s1. The number of carbonyl (C=O) groups excluding carboxylic acids is 1. The smallest absolute Gasteiger partial charge is 0.315 e. The Labute approximate surface area is 137 Å². The minimum atomic E-state index is -0.150. The van der Waals surface area contributed by atoms with Crippen LogP contribution in [-0.4, -0.2) is 26.4 Å². The number of aryl methyl sites for hydroxylation is 2. The van der Waals surface area contributed by atoms with Gasteiger partial charge in [0.15, 0.2) is 0 Å². The lowest BCUT2D eigenvalue weighted by molar-refractivity contribution is 0.236. The van der Waals surface area contributed by atoms with Crippen molar-refractivity contribution in [3.8, 4) is 0 Å². The number of aromatic nitrogens is 3. The summed E-state index contributed by atoms with van der Waals surface area (Å²) in [5, 5.41) is 10.2. The fourth-order valence-corrected chi connectivity index (χ4v) is 2.40. The minimum Gasteiger partial charge on any atom is -0.354 e. The molecule has 0 unspecified atom stereocenters. The number of nitrogens with one attached hydrogen (secondary N) is 2. The van der Waals surface area contributed by atoms with Gasteiger partial charge in [-0.05, 0) is 51.8 Å². The van der Waals surface area contributed by atoms with Gasteiger partial charge in [0, 0.05) is 37.2 Å². The molecule has 0 bridgehead atoms. The Hall–Kier alpha value is -2.24. The molecule has 2 aromatic heterocycles. The van der Waals surface area contributed by atoms with E-state index >= 15 is 0 Å². The number of rotatable bonds is 7. The highest BCUT2D eigenvalue weighted by molar-refractivity contribution is 5.74. The van der Waals surface area contributed by atoms with E-state index in [1.54, 1.807) is 0 Å². The van der Waals surface area contributed by atoms with Crippen molar-refractivity contribution in [3.05, 3.63) is 42.0 Å². The zero-order valence-corrected chi connectivity index (χ0v) is 14.4. The van der Waals surface area contributed by atoms with Crippen LogP contribution < -0.4 is 10.6 Å². The summed E-state index contributed by atoms with van der Waals surface area (Å²) in [4.78, 5) is 11.9. The van der Waals surface area contributed by atoms with Gasteiger partial charge >= 0.3 is 6.03 Å². The van der Waals surface area contributed by atoms with Crippen molar-refractivity contribution in [1.82, 2.24) is 25.0 Å². The first-order chi connectivity index (χ1) is 11.0. The molecule has 2 rings (SSSR count).